The summed E-state index contributed by atoms with van der Waals surface area (Å²) in [6.07, 6.45) is -4.35. The number of rotatable bonds is 1. The van der Waals surface area contributed by atoms with Crippen LogP contribution in [0, 0.1) is 6.92 Å². The van der Waals surface area contributed by atoms with Gasteiger partial charge in [-0.25, -0.2) is 0 Å². The molecule has 0 amide bonds. The van der Waals surface area contributed by atoms with Crippen molar-refractivity contribution in [2.75, 3.05) is 0 Å². The van der Waals surface area contributed by atoms with E-state index >= 15 is 0 Å². The molecule has 0 aliphatic rings. The molecule has 94 valence electrons. The average Bonchev–Trinajstić information content (AvgIpc) is 2.28. The summed E-state index contributed by atoms with van der Waals surface area (Å²) >= 11 is 2.93. The zero-order valence-electron chi connectivity index (χ0n) is 9.55. The Morgan fingerprint density at radius 3 is 2.22 bits per heavy atom. The molecule has 4 heteroatoms. The number of benzene rings is 2. The van der Waals surface area contributed by atoms with Crippen LogP contribution in [0.5, 0.6) is 0 Å². The molecule has 0 unspecified atom stereocenters. The van der Waals surface area contributed by atoms with Crippen molar-refractivity contribution in [3.8, 4) is 11.1 Å². The van der Waals surface area contributed by atoms with Crippen LogP contribution in [0.15, 0.2) is 46.9 Å². The molecular formula is C14H10BrF3. The third-order valence-corrected chi connectivity index (χ3v) is 3.31. The van der Waals surface area contributed by atoms with E-state index < -0.39 is 11.7 Å². The van der Waals surface area contributed by atoms with E-state index in [1.807, 2.05) is 25.1 Å². The van der Waals surface area contributed by atoms with Gasteiger partial charge in [-0.2, -0.15) is 13.2 Å². The van der Waals surface area contributed by atoms with Crippen molar-refractivity contribution in [1.82, 2.24) is 0 Å². The van der Waals surface area contributed by atoms with E-state index in [1.54, 1.807) is 12.1 Å². The Bertz CT molecular complexity index is 573. The van der Waals surface area contributed by atoms with E-state index in [1.165, 1.54) is 12.1 Å². The van der Waals surface area contributed by atoms with Gasteiger partial charge in [-0.1, -0.05) is 51.8 Å². The Hall–Kier alpha value is -1.29. The maximum Gasteiger partial charge on any atom is 0.417 e. The van der Waals surface area contributed by atoms with Crippen molar-refractivity contribution in [2.24, 2.45) is 0 Å². The molecule has 0 aliphatic carbocycles. The molecule has 2 aromatic carbocycles. The second-order valence-electron chi connectivity index (χ2n) is 4.06. The van der Waals surface area contributed by atoms with Gasteiger partial charge in [0.1, 0.15) is 0 Å². The van der Waals surface area contributed by atoms with Gasteiger partial charge in [-0.05, 0) is 30.2 Å². The van der Waals surface area contributed by atoms with Gasteiger partial charge in [0.15, 0.2) is 0 Å². The Balaban J connectivity index is 2.54. The molecule has 0 saturated heterocycles. The topological polar surface area (TPSA) is 0 Å². The molecular weight excluding hydrogens is 305 g/mol. The molecule has 0 fully saturated rings. The summed E-state index contributed by atoms with van der Waals surface area (Å²) in [5.74, 6) is 0. The molecule has 0 aliphatic heterocycles. The minimum atomic E-state index is -4.35. The lowest BCUT2D eigenvalue weighted by Crippen LogP contribution is -2.06. The Labute approximate surface area is 112 Å². The van der Waals surface area contributed by atoms with Crippen molar-refractivity contribution >= 4 is 15.9 Å². The molecule has 2 aromatic rings. The first-order valence-electron chi connectivity index (χ1n) is 5.32. The predicted molar refractivity (Wildman–Crippen MR) is 69.3 cm³/mol. The number of halogens is 4. The zero-order chi connectivity index (χ0) is 13.3. The first-order valence-corrected chi connectivity index (χ1v) is 6.11. The highest BCUT2D eigenvalue weighted by molar-refractivity contribution is 9.10. The Kier molecular flexibility index (Phi) is 3.48. The maximum atomic E-state index is 12.8. The fraction of sp³-hybridized carbons (Fsp3) is 0.143. The van der Waals surface area contributed by atoms with Gasteiger partial charge in [-0.3, -0.25) is 0 Å². The standard InChI is InChI=1S/C14H10BrF3/c1-9-3-2-4-10(7-9)11-5-6-13(15)12(8-11)14(16,17)18/h2-8H,1H3. The molecule has 0 bridgehead atoms. The monoisotopic (exact) mass is 314 g/mol. The van der Waals surface area contributed by atoms with Crippen LogP contribution in [0.25, 0.3) is 11.1 Å². The molecule has 0 nitrogen and oxygen atoms in total. The van der Waals surface area contributed by atoms with Gasteiger partial charge in [0.25, 0.3) is 0 Å². The van der Waals surface area contributed by atoms with Crippen LogP contribution in [0.1, 0.15) is 11.1 Å². The fourth-order valence-corrected chi connectivity index (χ4v) is 2.22. The van der Waals surface area contributed by atoms with E-state index in [9.17, 15) is 13.2 Å². The summed E-state index contributed by atoms with van der Waals surface area (Å²) in [5.41, 5.74) is 1.72. The van der Waals surface area contributed by atoms with E-state index in [0.29, 0.717) is 5.56 Å². The van der Waals surface area contributed by atoms with Gasteiger partial charge < -0.3 is 0 Å². The van der Waals surface area contributed by atoms with Crippen molar-refractivity contribution in [3.05, 3.63) is 58.1 Å². The molecule has 0 atom stereocenters. The van der Waals surface area contributed by atoms with Crippen molar-refractivity contribution in [1.29, 1.82) is 0 Å². The Morgan fingerprint density at radius 1 is 0.944 bits per heavy atom. The van der Waals surface area contributed by atoms with Crippen LogP contribution in [0.2, 0.25) is 0 Å². The van der Waals surface area contributed by atoms with Crippen LogP contribution < -0.4 is 0 Å². The molecule has 0 radical (unpaired) electrons. The number of hydrogen-bond donors (Lipinski definition) is 0. The maximum absolute atomic E-state index is 12.8. The highest BCUT2D eigenvalue weighted by Gasteiger charge is 2.33. The smallest absolute Gasteiger partial charge is 0.166 e. The fourth-order valence-electron chi connectivity index (χ4n) is 1.75. The lowest BCUT2D eigenvalue weighted by atomic mass is 10.0. The minimum absolute atomic E-state index is 0.0615. The van der Waals surface area contributed by atoms with Crippen LogP contribution in [0.4, 0.5) is 13.2 Å². The number of hydrogen-bond acceptors (Lipinski definition) is 0. The second-order valence-corrected chi connectivity index (χ2v) is 4.92. The zero-order valence-corrected chi connectivity index (χ0v) is 11.1. The normalized spacial score (nSPS) is 11.6. The summed E-state index contributed by atoms with van der Waals surface area (Å²) in [6, 6.07) is 11.7. The van der Waals surface area contributed by atoms with Crippen LogP contribution in [-0.4, -0.2) is 0 Å². The van der Waals surface area contributed by atoms with Gasteiger partial charge in [0.2, 0.25) is 0 Å². The minimum Gasteiger partial charge on any atom is -0.166 e. The van der Waals surface area contributed by atoms with Crippen LogP contribution in [0.3, 0.4) is 0 Å². The lowest BCUT2D eigenvalue weighted by Gasteiger charge is -2.11. The van der Waals surface area contributed by atoms with Gasteiger partial charge in [0, 0.05) is 4.47 Å². The lowest BCUT2D eigenvalue weighted by molar-refractivity contribution is -0.138. The van der Waals surface area contributed by atoms with E-state index in [0.717, 1.165) is 11.1 Å². The third-order valence-electron chi connectivity index (χ3n) is 2.62. The SMILES string of the molecule is Cc1cccc(-c2ccc(Br)c(C(F)(F)F)c2)c1. The van der Waals surface area contributed by atoms with Gasteiger partial charge in [-0.15, -0.1) is 0 Å². The highest BCUT2D eigenvalue weighted by atomic mass is 79.9. The Morgan fingerprint density at radius 2 is 1.61 bits per heavy atom. The van der Waals surface area contributed by atoms with E-state index in [4.69, 9.17) is 0 Å². The molecule has 0 heterocycles. The van der Waals surface area contributed by atoms with Crippen LogP contribution in [-0.2, 0) is 6.18 Å². The predicted octanol–water partition coefficient (Wildman–Crippen LogP) is 5.44. The highest BCUT2D eigenvalue weighted by Crippen LogP contribution is 2.37. The summed E-state index contributed by atoms with van der Waals surface area (Å²) in [5, 5.41) is 0. The van der Waals surface area contributed by atoms with Gasteiger partial charge in [0.05, 0.1) is 5.56 Å². The molecule has 18 heavy (non-hydrogen) atoms. The number of alkyl halides is 3. The first-order chi connectivity index (χ1) is 8.38. The van der Waals surface area contributed by atoms with Gasteiger partial charge >= 0.3 is 6.18 Å². The second kappa shape index (κ2) is 4.76. The molecule has 2 rings (SSSR count). The third kappa shape index (κ3) is 2.75. The first kappa shape index (κ1) is 13.1. The quantitative estimate of drug-likeness (QED) is 0.657. The van der Waals surface area contributed by atoms with E-state index in [-0.39, 0.29) is 4.47 Å². The number of aryl methyl sites for hydroxylation is 1. The van der Waals surface area contributed by atoms with Crippen molar-refractivity contribution in [3.63, 3.8) is 0 Å². The average molecular weight is 315 g/mol. The summed E-state index contributed by atoms with van der Waals surface area (Å²) in [6.45, 7) is 1.91. The van der Waals surface area contributed by atoms with Crippen molar-refractivity contribution < 1.29 is 13.2 Å². The molecule has 0 N–H and O–H groups in total. The molecule has 0 spiro atoms. The summed E-state index contributed by atoms with van der Waals surface area (Å²) in [4.78, 5) is 0. The van der Waals surface area contributed by atoms with Crippen LogP contribution >= 0.6 is 15.9 Å². The molecule has 0 saturated carbocycles. The van der Waals surface area contributed by atoms with Crippen molar-refractivity contribution in [2.45, 2.75) is 13.1 Å². The summed E-state index contributed by atoms with van der Waals surface area (Å²) in [7, 11) is 0. The van der Waals surface area contributed by atoms with E-state index in [2.05, 4.69) is 15.9 Å². The summed E-state index contributed by atoms with van der Waals surface area (Å²) < 4.78 is 38.4. The largest absolute Gasteiger partial charge is 0.417 e. The molecule has 0 aromatic heterocycles.